The summed E-state index contributed by atoms with van der Waals surface area (Å²) < 4.78 is 2.20. The van der Waals surface area contributed by atoms with Gasteiger partial charge < -0.3 is 4.90 Å². The number of thioether (sulfide) groups is 1. The van der Waals surface area contributed by atoms with Gasteiger partial charge in [-0.2, -0.15) is 0 Å². The van der Waals surface area contributed by atoms with Crippen molar-refractivity contribution in [3.05, 3.63) is 57.9 Å². The van der Waals surface area contributed by atoms with Crippen LogP contribution in [0.4, 0.5) is 0 Å². The first-order valence-corrected chi connectivity index (χ1v) is 12.1. The molecular weight excluding hydrogens is 408 g/mol. The molecule has 1 aromatic carbocycles. The predicted molar refractivity (Wildman–Crippen MR) is 117 cm³/mol. The Morgan fingerprint density at radius 2 is 1.96 bits per heavy atom. The number of likely N-dealkylation sites (tertiary alicyclic amines) is 1. The lowest BCUT2D eigenvalue weighted by Gasteiger charge is -2.32. The molecule has 146 valence electrons. The summed E-state index contributed by atoms with van der Waals surface area (Å²) in [6.07, 6.45) is 6.47. The first-order chi connectivity index (χ1) is 13.8. The van der Waals surface area contributed by atoms with Crippen molar-refractivity contribution in [3.63, 3.8) is 0 Å². The van der Waals surface area contributed by atoms with Gasteiger partial charge in [0.2, 0.25) is 0 Å². The minimum atomic E-state index is 0.678. The molecule has 2 aliphatic heterocycles. The molecule has 0 bridgehead atoms. The normalized spacial score (nSPS) is 17.9. The van der Waals surface area contributed by atoms with Crippen molar-refractivity contribution < 1.29 is 0 Å². The molecule has 2 aromatic heterocycles. The Balaban J connectivity index is 1.23. The Kier molecular flexibility index (Phi) is 5.46. The first-order valence-electron chi connectivity index (χ1n) is 9.88. The average Bonchev–Trinajstić information content (AvgIpc) is 3.32. The molecular formula is C21H23ClN4S2. The number of thiophene rings is 1. The number of aromatic nitrogens is 3. The number of fused-ring (bicyclic) bond motifs is 3. The molecule has 0 atom stereocenters. The lowest BCUT2D eigenvalue weighted by molar-refractivity contribution is 0.214. The van der Waals surface area contributed by atoms with Crippen LogP contribution in [0.2, 0.25) is 5.02 Å². The van der Waals surface area contributed by atoms with Crippen LogP contribution in [-0.2, 0) is 12.8 Å². The Morgan fingerprint density at radius 3 is 2.79 bits per heavy atom. The highest BCUT2D eigenvalue weighted by Gasteiger charge is 2.27. The molecule has 0 saturated carbocycles. The number of benzene rings is 1. The molecule has 0 spiro atoms. The van der Waals surface area contributed by atoms with E-state index in [0.29, 0.717) is 5.92 Å². The summed E-state index contributed by atoms with van der Waals surface area (Å²) in [6, 6.07) is 8.27. The fourth-order valence-electron chi connectivity index (χ4n) is 4.19. The maximum Gasteiger partial charge on any atom is 0.138 e. The summed E-state index contributed by atoms with van der Waals surface area (Å²) in [6.45, 7) is 3.51. The summed E-state index contributed by atoms with van der Waals surface area (Å²) in [7, 11) is 0. The lowest BCUT2D eigenvalue weighted by Crippen LogP contribution is -2.34. The van der Waals surface area contributed by atoms with Crippen LogP contribution < -0.4 is 0 Å². The molecule has 0 unspecified atom stereocenters. The van der Waals surface area contributed by atoms with Crippen molar-refractivity contribution in [2.24, 2.45) is 0 Å². The van der Waals surface area contributed by atoms with Crippen molar-refractivity contribution in [2.45, 2.75) is 36.5 Å². The standard InChI is InChI=1S/C21H23ClN4S2/c22-17-3-1-15(2-4-17)5-9-25-10-6-16(7-11-25)18-13-28-21-20(18)27-12-8-19-24-23-14-26(19)21/h1-4,13-14,16H,5-12H2. The smallest absolute Gasteiger partial charge is 0.138 e. The molecule has 0 N–H and O–H groups in total. The Hall–Kier alpha value is -1.34. The first kappa shape index (κ1) is 18.7. The van der Waals surface area contributed by atoms with E-state index in [0.717, 1.165) is 36.0 Å². The van der Waals surface area contributed by atoms with Gasteiger partial charge in [0.05, 0.1) is 0 Å². The zero-order valence-electron chi connectivity index (χ0n) is 15.7. The van der Waals surface area contributed by atoms with Crippen molar-refractivity contribution in [1.29, 1.82) is 0 Å². The molecule has 4 heterocycles. The number of nitrogens with zero attached hydrogens (tertiary/aromatic N) is 4. The molecule has 0 radical (unpaired) electrons. The second kappa shape index (κ2) is 8.19. The molecule has 0 aliphatic carbocycles. The monoisotopic (exact) mass is 430 g/mol. The van der Waals surface area contributed by atoms with E-state index in [1.807, 2.05) is 41.6 Å². The lowest BCUT2D eigenvalue weighted by atomic mass is 9.91. The highest BCUT2D eigenvalue weighted by Crippen LogP contribution is 2.43. The highest BCUT2D eigenvalue weighted by atomic mass is 35.5. The predicted octanol–water partition coefficient (Wildman–Crippen LogP) is 5.05. The Morgan fingerprint density at radius 1 is 1.14 bits per heavy atom. The highest BCUT2D eigenvalue weighted by molar-refractivity contribution is 7.99. The third kappa shape index (κ3) is 3.75. The molecule has 1 fully saturated rings. The van der Waals surface area contributed by atoms with E-state index in [1.54, 1.807) is 5.56 Å². The number of halogens is 1. The quantitative estimate of drug-likeness (QED) is 0.579. The van der Waals surface area contributed by atoms with E-state index in [9.17, 15) is 0 Å². The second-order valence-corrected chi connectivity index (χ2v) is 9.93. The largest absolute Gasteiger partial charge is 0.303 e. The number of hydrogen-bond donors (Lipinski definition) is 0. The van der Waals surface area contributed by atoms with Gasteiger partial charge in [0.15, 0.2) is 0 Å². The van der Waals surface area contributed by atoms with Crippen LogP contribution in [0.3, 0.4) is 0 Å². The fourth-order valence-corrected chi connectivity index (χ4v) is 6.86. The van der Waals surface area contributed by atoms with Crippen LogP contribution in [0.1, 0.15) is 35.7 Å². The van der Waals surface area contributed by atoms with Gasteiger partial charge in [-0.15, -0.1) is 33.3 Å². The number of aryl methyl sites for hydroxylation is 1. The molecule has 7 heteroatoms. The van der Waals surface area contributed by atoms with Crippen LogP contribution in [0.5, 0.6) is 0 Å². The van der Waals surface area contributed by atoms with E-state index in [4.69, 9.17) is 11.6 Å². The van der Waals surface area contributed by atoms with Crippen molar-refractivity contribution in [3.8, 4) is 5.00 Å². The third-order valence-corrected chi connectivity index (χ3v) is 8.32. The van der Waals surface area contributed by atoms with Crippen LogP contribution in [0.15, 0.2) is 40.9 Å². The van der Waals surface area contributed by atoms with Gasteiger partial charge in [-0.25, -0.2) is 0 Å². The second-order valence-electron chi connectivity index (χ2n) is 7.53. The van der Waals surface area contributed by atoms with Crippen molar-refractivity contribution >= 4 is 34.7 Å². The van der Waals surface area contributed by atoms with E-state index in [2.05, 4.69) is 37.2 Å². The zero-order valence-corrected chi connectivity index (χ0v) is 18.1. The summed E-state index contributed by atoms with van der Waals surface area (Å²) in [5.74, 6) is 2.86. The maximum absolute atomic E-state index is 5.99. The van der Waals surface area contributed by atoms with E-state index in [1.165, 1.54) is 41.4 Å². The molecule has 0 amide bonds. The van der Waals surface area contributed by atoms with E-state index < -0.39 is 0 Å². The molecule has 4 nitrogen and oxygen atoms in total. The number of piperidine rings is 1. The summed E-state index contributed by atoms with van der Waals surface area (Å²) >= 11 is 9.85. The van der Waals surface area contributed by atoms with Crippen molar-refractivity contribution in [1.82, 2.24) is 19.7 Å². The van der Waals surface area contributed by atoms with Gasteiger partial charge in [-0.3, -0.25) is 4.57 Å². The average molecular weight is 431 g/mol. The summed E-state index contributed by atoms with van der Waals surface area (Å²) in [5, 5.41) is 12.9. The topological polar surface area (TPSA) is 34.0 Å². The zero-order chi connectivity index (χ0) is 18.9. The molecule has 1 saturated heterocycles. The van der Waals surface area contributed by atoms with Crippen LogP contribution >= 0.6 is 34.7 Å². The molecule has 3 aromatic rings. The SMILES string of the molecule is Clc1ccc(CCN2CCC(c3csc4c3SCCc3nncn3-4)CC2)cc1. The van der Waals surface area contributed by atoms with Gasteiger partial charge >= 0.3 is 0 Å². The van der Waals surface area contributed by atoms with E-state index in [-0.39, 0.29) is 0 Å². The van der Waals surface area contributed by atoms with Gasteiger partial charge in [0.1, 0.15) is 17.2 Å². The maximum atomic E-state index is 5.99. The fraction of sp³-hybridized carbons (Fsp3) is 0.429. The molecule has 28 heavy (non-hydrogen) atoms. The molecule has 5 rings (SSSR count). The van der Waals surface area contributed by atoms with Gasteiger partial charge in [-0.05, 0) is 66.9 Å². The van der Waals surface area contributed by atoms with Gasteiger partial charge in [0.25, 0.3) is 0 Å². The summed E-state index contributed by atoms with van der Waals surface area (Å²) in [5.41, 5.74) is 2.93. The van der Waals surface area contributed by atoms with Crippen LogP contribution in [-0.4, -0.2) is 45.1 Å². The minimum absolute atomic E-state index is 0.678. The van der Waals surface area contributed by atoms with Crippen LogP contribution in [0.25, 0.3) is 5.00 Å². The van der Waals surface area contributed by atoms with Crippen molar-refractivity contribution in [2.75, 3.05) is 25.4 Å². The van der Waals surface area contributed by atoms with Gasteiger partial charge in [-0.1, -0.05) is 23.7 Å². The minimum Gasteiger partial charge on any atom is -0.303 e. The Labute approximate surface area is 178 Å². The summed E-state index contributed by atoms with van der Waals surface area (Å²) in [4.78, 5) is 4.09. The third-order valence-electron chi connectivity index (χ3n) is 5.82. The molecule has 2 aliphatic rings. The number of rotatable bonds is 4. The van der Waals surface area contributed by atoms with Gasteiger partial charge in [0, 0.05) is 28.6 Å². The van der Waals surface area contributed by atoms with E-state index >= 15 is 0 Å². The van der Waals surface area contributed by atoms with Crippen LogP contribution in [0, 0.1) is 0 Å². The Bertz CT molecular complexity index is 942. The number of hydrogen-bond acceptors (Lipinski definition) is 5.